The van der Waals surface area contributed by atoms with E-state index in [4.69, 9.17) is 9.47 Å². The minimum Gasteiger partial charge on any atom is -0.508 e. The first-order chi connectivity index (χ1) is 16.5. The molecule has 1 amide bonds. The highest BCUT2D eigenvalue weighted by atomic mass is 16.7. The quantitative estimate of drug-likeness (QED) is 0.245. The molecule has 1 unspecified atom stereocenters. The first-order valence-corrected chi connectivity index (χ1v) is 10.5. The first-order valence-electron chi connectivity index (χ1n) is 10.5. The molecule has 4 aromatic rings. The summed E-state index contributed by atoms with van der Waals surface area (Å²) in [5.41, 5.74) is 1.89. The van der Waals surface area contributed by atoms with Crippen molar-refractivity contribution in [2.75, 3.05) is 11.7 Å². The number of benzene rings is 3. The average Bonchev–Trinajstić information content (AvgIpc) is 3.54. The number of hydrogen-bond acceptors (Lipinski definition) is 7. The molecule has 3 N–H and O–H groups in total. The number of phenolic OH excluding ortho intramolecular Hbond substituents is 1. The van der Waals surface area contributed by atoms with Gasteiger partial charge in [-0.2, -0.15) is 0 Å². The van der Waals surface area contributed by atoms with Crippen molar-refractivity contribution in [3.8, 4) is 17.2 Å². The Morgan fingerprint density at radius 2 is 1.82 bits per heavy atom. The number of carbonyl (C=O) groups is 2. The molecule has 2 aliphatic heterocycles. The lowest BCUT2D eigenvalue weighted by Gasteiger charge is -2.23. The number of aromatic amines is 1. The number of carbonyl (C=O) groups excluding carboxylic acids is 2. The molecule has 2 aliphatic rings. The summed E-state index contributed by atoms with van der Waals surface area (Å²) in [5, 5.41) is 21.3. The summed E-state index contributed by atoms with van der Waals surface area (Å²) in [6.45, 7) is 0.0548. The van der Waals surface area contributed by atoms with Gasteiger partial charge in [0.15, 0.2) is 11.5 Å². The molecule has 9 nitrogen and oxygen atoms in total. The summed E-state index contributed by atoms with van der Waals surface area (Å²) in [7, 11) is 0. The van der Waals surface area contributed by atoms with Gasteiger partial charge in [-0.05, 0) is 48.0 Å². The van der Waals surface area contributed by atoms with Crippen LogP contribution in [0.3, 0.4) is 0 Å². The number of nitrogens with one attached hydrogen (secondary N) is 1. The van der Waals surface area contributed by atoms with E-state index in [-0.39, 0.29) is 35.4 Å². The fourth-order valence-electron chi connectivity index (χ4n) is 4.31. The molecule has 0 saturated carbocycles. The number of fused-ring (bicyclic) bond motifs is 2. The van der Waals surface area contributed by atoms with Crippen LogP contribution in [-0.2, 0) is 9.59 Å². The number of anilines is 1. The molecule has 3 aromatic carbocycles. The van der Waals surface area contributed by atoms with Crippen molar-refractivity contribution >= 4 is 34.4 Å². The molecule has 1 aromatic heterocycles. The van der Waals surface area contributed by atoms with Crippen LogP contribution in [0.5, 0.6) is 17.2 Å². The lowest BCUT2D eigenvalue weighted by atomic mass is 9.95. The van der Waals surface area contributed by atoms with Crippen molar-refractivity contribution in [1.29, 1.82) is 0 Å². The number of ketones is 1. The van der Waals surface area contributed by atoms with Gasteiger partial charge in [-0.15, -0.1) is 0 Å². The lowest BCUT2D eigenvalue weighted by molar-refractivity contribution is -0.132. The number of aliphatic hydroxyl groups is 1. The molecule has 34 heavy (non-hydrogen) atoms. The molecule has 3 heterocycles. The topological polar surface area (TPSA) is 125 Å². The van der Waals surface area contributed by atoms with E-state index in [1.165, 1.54) is 17.0 Å². The number of hydrogen-bond donors (Lipinski definition) is 3. The second-order valence-electron chi connectivity index (χ2n) is 7.91. The maximum absolute atomic E-state index is 13.3. The van der Waals surface area contributed by atoms with Gasteiger partial charge >= 0.3 is 5.91 Å². The minimum absolute atomic E-state index is 0.0456. The van der Waals surface area contributed by atoms with Gasteiger partial charge in [-0.1, -0.05) is 24.3 Å². The van der Waals surface area contributed by atoms with E-state index >= 15 is 0 Å². The van der Waals surface area contributed by atoms with Crippen molar-refractivity contribution in [2.45, 2.75) is 6.04 Å². The molecule has 9 heteroatoms. The summed E-state index contributed by atoms with van der Waals surface area (Å²) in [4.78, 5) is 35.3. The zero-order chi connectivity index (χ0) is 23.4. The highest BCUT2D eigenvalue weighted by Gasteiger charge is 2.48. The van der Waals surface area contributed by atoms with Crippen molar-refractivity contribution < 1.29 is 29.3 Å². The van der Waals surface area contributed by atoms with Crippen LogP contribution < -0.4 is 14.4 Å². The minimum atomic E-state index is -1.03. The highest BCUT2D eigenvalue weighted by molar-refractivity contribution is 6.51. The molecular formula is C25H17N3O6. The summed E-state index contributed by atoms with van der Waals surface area (Å²) < 4.78 is 10.7. The Hall–Kier alpha value is -4.79. The Bertz CT molecular complexity index is 1490. The van der Waals surface area contributed by atoms with Gasteiger partial charge in [0.1, 0.15) is 11.5 Å². The Labute approximate surface area is 192 Å². The van der Waals surface area contributed by atoms with Crippen molar-refractivity contribution in [2.24, 2.45) is 0 Å². The number of amides is 1. The van der Waals surface area contributed by atoms with Gasteiger partial charge in [0.05, 0.1) is 22.6 Å². The number of aliphatic hydroxyl groups excluding tert-OH is 1. The number of ether oxygens (including phenoxy) is 2. The van der Waals surface area contributed by atoms with Crippen molar-refractivity contribution in [3.63, 3.8) is 0 Å². The molecule has 0 spiro atoms. The van der Waals surface area contributed by atoms with Gasteiger partial charge in [0.2, 0.25) is 12.7 Å². The van der Waals surface area contributed by atoms with Crippen LogP contribution in [0.15, 0.2) is 72.3 Å². The summed E-state index contributed by atoms with van der Waals surface area (Å²) in [5.74, 6) is -1.05. The van der Waals surface area contributed by atoms with Gasteiger partial charge in [-0.3, -0.25) is 14.5 Å². The maximum atomic E-state index is 13.3. The Kier molecular flexibility index (Phi) is 4.31. The Morgan fingerprint density at radius 3 is 2.65 bits per heavy atom. The number of nitrogens with zero attached hydrogens (tertiary/aromatic N) is 2. The van der Waals surface area contributed by atoms with Crippen LogP contribution in [-0.4, -0.2) is 38.7 Å². The third kappa shape index (κ3) is 2.98. The largest absolute Gasteiger partial charge is 0.508 e. The number of H-pyrrole nitrogens is 1. The third-order valence-electron chi connectivity index (χ3n) is 5.88. The standard InChI is InChI=1S/C25H17N3O6/c29-15-5-3-4-13(10-15)21-20(22(30)14-8-9-18-19(11-14)34-12-33-18)23(31)24(32)28(21)25-26-16-6-1-2-7-17(16)27-25/h1-11,21,29-30H,12H2,(H,26,27)/b22-20+. The number of imidazole rings is 1. The number of Topliss-reactive ketones (excluding diaryl/α,β-unsaturated/α-hetero) is 1. The van der Waals surface area contributed by atoms with E-state index in [1.807, 2.05) is 12.1 Å². The normalized spacial score (nSPS) is 18.7. The summed E-state index contributed by atoms with van der Waals surface area (Å²) in [6, 6.07) is 17.1. The van der Waals surface area contributed by atoms with Crippen LogP contribution >= 0.6 is 0 Å². The van der Waals surface area contributed by atoms with Crippen LogP contribution in [0.1, 0.15) is 17.2 Å². The van der Waals surface area contributed by atoms with E-state index in [2.05, 4.69) is 9.97 Å². The highest BCUT2D eigenvalue weighted by Crippen LogP contribution is 2.43. The molecule has 6 rings (SSSR count). The van der Waals surface area contributed by atoms with E-state index < -0.39 is 17.7 Å². The van der Waals surface area contributed by atoms with E-state index in [0.29, 0.717) is 28.1 Å². The van der Waals surface area contributed by atoms with Gasteiger partial charge in [0.25, 0.3) is 5.78 Å². The summed E-state index contributed by atoms with van der Waals surface area (Å²) >= 11 is 0. The van der Waals surface area contributed by atoms with Gasteiger partial charge in [-0.25, -0.2) is 4.98 Å². The monoisotopic (exact) mass is 455 g/mol. The second kappa shape index (κ2) is 7.38. The van der Waals surface area contributed by atoms with Crippen molar-refractivity contribution in [3.05, 3.63) is 83.4 Å². The first kappa shape index (κ1) is 19.9. The van der Waals surface area contributed by atoms with Crippen molar-refractivity contribution in [1.82, 2.24) is 9.97 Å². The zero-order valence-electron chi connectivity index (χ0n) is 17.6. The number of rotatable bonds is 3. The molecular weight excluding hydrogens is 438 g/mol. The number of aromatic hydroxyl groups is 1. The predicted octanol–water partition coefficient (Wildman–Crippen LogP) is 3.62. The second-order valence-corrected chi connectivity index (χ2v) is 7.91. The zero-order valence-corrected chi connectivity index (χ0v) is 17.6. The molecule has 0 aliphatic carbocycles. The lowest BCUT2D eigenvalue weighted by Crippen LogP contribution is -2.30. The predicted molar refractivity (Wildman–Crippen MR) is 122 cm³/mol. The van der Waals surface area contributed by atoms with E-state index in [1.54, 1.807) is 42.5 Å². The van der Waals surface area contributed by atoms with Crippen LogP contribution in [0, 0.1) is 0 Å². The Balaban J connectivity index is 1.56. The number of aromatic nitrogens is 2. The SMILES string of the molecule is O=C1C(=O)N(c2nc3ccccc3[nH]2)C(c2cccc(O)c2)/C1=C(\O)c1ccc2c(c1)OCO2. The molecule has 1 atom stereocenters. The molecule has 168 valence electrons. The van der Waals surface area contributed by atoms with Crippen LogP contribution in [0.2, 0.25) is 0 Å². The fraction of sp³-hybridized carbons (Fsp3) is 0.0800. The third-order valence-corrected chi connectivity index (χ3v) is 5.88. The molecule has 0 bridgehead atoms. The number of para-hydroxylation sites is 2. The van der Waals surface area contributed by atoms with Crippen LogP contribution in [0.25, 0.3) is 16.8 Å². The molecule has 1 saturated heterocycles. The fourth-order valence-corrected chi connectivity index (χ4v) is 4.31. The molecule has 0 radical (unpaired) electrons. The molecule has 1 fully saturated rings. The number of phenols is 1. The average molecular weight is 455 g/mol. The van der Waals surface area contributed by atoms with E-state index in [0.717, 1.165) is 0 Å². The summed E-state index contributed by atoms with van der Waals surface area (Å²) in [6.07, 6.45) is 0. The van der Waals surface area contributed by atoms with Crippen LogP contribution in [0.4, 0.5) is 5.95 Å². The van der Waals surface area contributed by atoms with E-state index in [9.17, 15) is 19.8 Å². The maximum Gasteiger partial charge on any atom is 0.302 e. The van der Waals surface area contributed by atoms with Gasteiger partial charge in [0, 0.05) is 5.56 Å². The van der Waals surface area contributed by atoms with Gasteiger partial charge < -0.3 is 24.7 Å². The Morgan fingerprint density at radius 1 is 1.00 bits per heavy atom. The smallest absolute Gasteiger partial charge is 0.302 e.